The first-order valence-corrected chi connectivity index (χ1v) is 11.4. The van der Waals surface area contributed by atoms with E-state index in [-0.39, 0.29) is 25.3 Å². The maximum Gasteiger partial charge on any atom is 0.259 e. The summed E-state index contributed by atoms with van der Waals surface area (Å²) in [6.07, 6.45) is 2.44. The van der Waals surface area contributed by atoms with Gasteiger partial charge in [-0.1, -0.05) is 30.9 Å². The second-order valence-corrected chi connectivity index (χ2v) is 8.74. The Morgan fingerprint density at radius 3 is 2.79 bits per heavy atom. The van der Waals surface area contributed by atoms with Gasteiger partial charge in [-0.15, -0.1) is 0 Å². The molecule has 2 heterocycles. The van der Waals surface area contributed by atoms with Crippen molar-refractivity contribution in [1.29, 1.82) is 0 Å². The van der Waals surface area contributed by atoms with Crippen molar-refractivity contribution < 1.29 is 13.6 Å². The van der Waals surface area contributed by atoms with Crippen molar-refractivity contribution in [2.45, 2.75) is 45.5 Å². The van der Waals surface area contributed by atoms with Gasteiger partial charge in [0.15, 0.2) is 0 Å². The number of aromatic nitrogens is 1. The van der Waals surface area contributed by atoms with Gasteiger partial charge in [0.2, 0.25) is 5.92 Å². The van der Waals surface area contributed by atoms with Crippen molar-refractivity contribution in [3.63, 3.8) is 0 Å². The van der Waals surface area contributed by atoms with E-state index < -0.39 is 5.92 Å². The molecule has 1 saturated heterocycles. The van der Waals surface area contributed by atoms with E-state index in [4.69, 9.17) is 0 Å². The number of benzene rings is 1. The number of alkyl halides is 2. The highest BCUT2D eigenvalue weighted by Gasteiger charge is 2.33. The Labute approximate surface area is 195 Å². The summed E-state index contributed by atoms with van der Waals surface area (Å²) in [4.78, 5) is 21.8. The van der Waals surface area contributed by atoms with Gasteiger partial charge in [-0.3, -0.25) is 9.69 Å². The number of pyridine rings is 1. The van der Waals surface area contributed by atoms with Gasteiger partial charge < -0.3 is 10.2 Å². The Balaban J connectivity index is 2.00. The van der Waals surface area contributed by atoms with Crippen LogP contribution >= 0.6 is 0 Å². The van der Waals surface area contributed by atoms with Gasteiger partial charge in [0.05, 0.1) is 12.1 Å². The lowest BCUT2D eigenvalue weighted by atomic mass is 10.0. The molecule has 1 N–H and O–H groups in total. The second kappa shape index (κ2) is 10.8. The molecule has 0 aliphatic carbocycles. The minimum atomic E-state index is -2.69. The molecule has 0 bridgehead atoms. The monoisotopic (exact) mass is 454 g/mol. The highest BCUT2D eigenvalue weighted by molar-refractivity contribution is 6.09. The molecule has 2 aromatic rings. The maximum atomic E-state index is 14.0. The van der Waals surface area contributed by atoms with Gasteiger partial charge in [0.1, 0.15) is 5.82 Å². The third-order valence-electron chi connectivity index (χ3n) is 5.77. The molecule has 1 aromatic carbocycles. The summed E-state index contributed by atoms with van der Waals surface area (Å²) in [5.41, 5.74) is 3.55. The summed E-state index contributed by atoms with van der Waals surface area (Å²) in [6, 6.07) is 7.69. The molecule has 176 valence electrons. The second-order valence-electron chi connectivity index (χ2n) is 8.74. The van der Waals surface area contributed by atoms with Gasteiger partial charge in [0.25, 0.3) is 5.91 Å². The molecule has 5 nitrogen and oxygen atoms in total. The van der Waals surface area contributed by atoms with Crippen LogP contribution < -0.4 is 10.2 Å². The maximum absolute atomic E-state index is 14.0. The zero-order valence-corrected chi connectivity index (χ0v) is 19.8. The molecular weight excluding hydrogens is 422 g/mol. The number of nitrogens with zero attached hydrogens (tertiary/aromatic N) is 3. The zero-order valence-electron chi connectivity index (χ0n) is 19.8. The van der Waals surface area contributed by atoms with Crippen LogP contribution in [-0.4, -0.2) is 55.4 Å². The lowest BCUT2D eigenvalue weighted by Crippen LogP contribution is -2.30. The molecule has 1 aromatic heterocycles. The van der Waals surface area contributed by atoms with Crippen molar-refractivity contribution in [2.24, 2.45) is 0 Å². The minimum absolute atomic E-state index is 0.149. The van der Waals surface area contributed by atoms with Crippen molar-refractivity contribution in [2.75, 3.05) is 43.9 Å². The molecule has 0 unspecified atom stereocenters. The summed E-state index contributed by atoms with van der Waals surface area (Å²) in [6.45, 7) is 5.05. The number of hydrogen-bond acceptors (Lipinski definition) is 4. The molecule has 33 heavy (non-hydrogen) atoms. The van der Waals surface area contributed by atoms with E-state index in [2.05, 4.69) is 29.1 Å². The number of rotatable bonds is 5. The van der Waals surface area contributed by atoms with E-state index in [9.17, 15) is 13.6 Å². The Hall–Kier alpha value is -2.98. The van der Waals surface area contributed by atoms with Crippen LogP contribution in [0.25, 0.3) is 0 Å². The van der Waals surface area contributed by atoms with Crippen molar-refractivity contribution in [3.05, 3.63) is 52.7 Å². The molecule has 7 heteroatoms. The number of carbonyl (C=O) groups excluding carboxylic acids is 1. The summed E-state index contributed by atoms with van der Waals surface area (Å²) in [5.74, 6) is 3.63. The third kappa shape index (κ3) is 6.52. The molecule has 1 aliphatic rings. The fraction of sp³-hybridized carbons (Fsp3) is 0.462. The average molecular weight is 455 g/mol. The molecule has 1 aliphatic heterocycles. The third-order valence-corrected chi connectivity index (χ3v) is 5.77. The van der Waals surface area contributed by atoms with E-state index in [0.717, 1.165) is 12.0 Å². The van der Waals surface area contributed by atoms with E-state index in [1.807, 2.05) is 55.1 Å². The van der Waals surface area contributed by atoms with Gasteiger partial charge in [-0.05, 0) is 57.1 Å². The van der Waals surface area contributed by atoms with E-state index in [0.29, 0.717) is 47.7 Å². The number of carbonyl (C=O) groups is 1. The van der Waals surface area contributed by atoms with Gasteiger partial charge >= 0.3 is 0 Å². The van der Waals surface area contributed by atoms with Crippen LogP contribution in [0.2, 0.25) is 0 Å². The van der Waals surface area contributed by atoms with Crippen LogP contribution in [-0.2, 0) is 6.42 Å². The lowest BCUT2D eigenvalue weighted by molar-refractivity contribution is -0.0102. The zero-order chi connectivity index (χ0) is 24.0. The molecule has 0 saturated carbocycles. The smallest absolute Gasteiger partial charge is 0.259 e. The van der Waals surface area contributed by atoms with Crippen LogP contribution in [0, 0.1) is 18.8 Å². The number of amides is 1. The van der Waals surface area contributed by atoms with Gasteiger partial charge in [0, 0.05) is 43.4 Å². The van der Waals surface area contributed by atoms with Crippen LogP contribution in [0.4, 0.5) is 20.3 Å². The Bertz CT molecular complexity index is 1060. The highest BCUT2D eigenvalue weighted by Crippen LogP contribution is 2.32. The largest absolute Gasteiger partial charge is 0.356 e. The van der Waals surface area contributed by atoms with Crippen molar-refractivity contribution in [3.8, 4) is 11.8 Å². The fourth-order valence-electron chi connectivity index (χ4n) is 3.86. The highest BCUT2D eigenvalue weighted by atomic mass is 19.3. The van der Waals surface area contributed by atoms with Crippen LogP contribution in [0.1, 0.15) is 53.2 Å². The molecule has 1 amide bonds. The first-order valence-electron chi connectivity index (χ1n) is 11.4. The van der Waals surface area contributed by atoms with Crippen LogP contribution in [0.3, 0.4) is 0 Å². The number of aryl methyl sites for hydroxylation is 1. The molecule has 1 fully saturated rings. The van der Waals surface area contributed by atoms with Gasteiger partial charge in [-0.2, -0.15) is 0 Å². The first kappa shape index (κ1) is 24.7. The SMILES string of the molecule is CCc1cccc(NC(=O)c2c(N3CCCC(F)(F)CC3)ncc(C#CCN(C)C)c2C)c1. The summed E-state index contributed by atoms with van der Waals surface area (Å²) >= 11 is 0. The topological polar surface area (TPSA) is 48.5 Å². The van der Waals surface area contributed by atoms with Crippen molar-refractivity contribution >= 4 is 17.4 Å². The van der Waals surface area contributed by atoms with E-state index >= 15 is 0 Å². The first-order chi connectivity index (χ1) is 15.7. The number of hydrogen-bond donors (Lipinski definition) is 1. The standard InChI is InChI=1S/C26H32F2N4O/c1-5-20-9-6-11-22(17-20)30-25(33)23-19(2)21(10-7-14-31(3)4)18-29-24(23)32-15-8-12-26(27,28)13-16-32/h6,9,11,17-18H,5,8,12-16H2,1-4H3,(H,30,33). The average Bonchev–Trinajstić information content (AvgIpc) is 2.94. The lowest BCUT2D eigenvalue weighted by Gasteiger charge is -2.25. The minimum Gasteiger partial charge on any atom is -0.356 e. The molecule has 0 atom stereocenters. The number of nitrogens with one attached hydrogen (secondary N) is 1. The normalized spacial score (nSPS) is 15.5. The summed E-state index contributed by atoms with van der Waals surface area (Å²) < 4.78 is 27.9. The Morgan fingerprint density at radius 2 is 2.06 bits per heavy atom. The predicted octanol–water partition coefficient (Wildman–Crippen LogP) is 4.74. The van der Waals surface area contributed by atoms with E-state index in [1.165, 1.54) is 0 Å². The van der Waals surface area contributed by atoms with Crippen LogP contribution in [0.5, 0.6) is 0 Å². The molecule has 3 rings (SSSR count). The number of halogens is 2. The number of anilines is 2. The quantitative estimate of drug-likeness (QED) is 0.663. The molecular formula is C26H32F2N4O. The van der Waals surface area contributed by atoms with Gasteiger partial charge in [-0.25, -0.2) is 13.8 Å². The van der Waals surface area contributed by atoms with E-state index in [1.54, 1.807) is 6.20 Å². The Kier molecular flexibility index (Phi) is 8.04. The fourth-order valence-corrected chi connectivity index (χ4v) is 3.86. The molecule has 0 radical (unpaired) electrons. The summed E-state index contributed by atoms with van der Waals surface area (Å²) in [5, 5.41) is 2.98. The predicted molar refractivity (Wildman–Crippen MR) is 129 cm³/mol. The van der Waals surface area contributed by atoms with Crippen molar-refractivity contribution in [1.82, 2.24) is 9.88 Å². The summed E-state index contributed by atoms with van der Waals surface area (Å²) in [7, 11) is 3.86. The van der Waals surface area contributed by atoms with Crippen LogP contribution in [0.15, 0.2) is 30.5 Å². The Morgan fingerprint density at radius 1 is 1.27 bits per heavy atom. The molecule has 0 spiro atoms.